The van der Waals surface area contributed by atoms with E-state index in [1.165, 1.54) is 11.8 Å². The van der Waals surface area contributed by atoms with Crippen molar-refractivity contribution in [2.24, 2.45) is 10.2 Å². The lowest BCUT2D eigenvalue weighted by Gasteiger charge is -2.04. The fourth-order valence-corrected chi connectivity index (χ4v) is 1.62. The van der Waals surface area contributed by atoms with Crippen LogP contribution in [0.1, 0.15) is 18.3 Å². The molecule has 0 saturated carbocycles. The first-order valence-corrected chi connectivity index (χ1v) is 6.08. The molecule has 2 aromatic rings. The van der Waals surface area contributed by atoms with Crippen molar-refractivity contribution in [2.45, 2.75) is 19.9 Å². The van der Waals surface area contributed by atoms with Gasteiger partial charge in [0, 0.05) is 6.42 Å². The number of methoxy groups -OCH3 is 1. The summed E-state index contributed by atoms with van der Waals surface area (Å²) in [6.45, 7) is 2.25. The van der Waals surface area contributed by atoms with Gasteiger partial charge in [-0.1, -0.05) is 13.0 Å². The first kappa shape index (κ1) is 13.8. The van der Waals surface area contributed by atoms with Gasteiger partial charge in [0.2, 0.25) is 0 Å². The van der Waals surface area contributed by atoms with Gasteiger partial charge in [-0.3, -0.25) is 0 Å². The molecular formula is C12H16N6O2. The van der Waals surface area contributed by atoms with Crippen LogP contribution in [0.3, 0.4) is 0 Å². The van der Waals surface area contributed by atoms with Crippen molar-refractivity contribution in [3.8, 4) is 11.5 Å². The topological polar surface area (TPSA) is 111 Å². The number of benzene rings is 1. The summed E-state index contributed by atoms with van der Waals surface area (Å²) in [7, 11) is 1.49. The third-order valence-electron chi connectivity index (χ3n) is 2.72. The number of aromatic hydroxyl groups is 1. The van der Waals surface area contributed by atoms with Crippen LogP contribution in [0.5, 0.6) is 11.5 Å². The van der Waals surface area contributed by atoms with Gasteiger partial charge in [0.05, 0.1) is 13.7 Å². The van der Waals surface area contributed by atoms with Crippen LogP contribution >= 0.6 is 0 Å². The van der Waals surface area contributed by atoms with E-state index < -0.39 is 0 Å². The fraction of sp³-hybridized carbons (Fsp3) is 0.333. The van der Waals surface area contributed by atoms with E-state index >= 15 is 0 Å². The van der Waals surface area contributed by atoms with Gasteiger partial charge in [-0.15, -0.1) is 15.3 Å². The van der Waals surface area contributed by atoms with Crippen LogP contribution in [0.4, 0.5) is 5.95 Å². The summed E-state index contributed by atoms with van der Waals surface area (Å²) < 4.78 is 6.32. The average molecular weight is 276 g/mol. The normalized spacial score (nSPS) is 11.1. The maximum absolute atomic E-state index is 9.49. The Morgan fingerprint density at radius 2 is 2.20 bits per heavy atom. The number of aryl methyl sites for hydroxylation is 1. The highest BCUT2D eigenvalue weighted by molar-refractivity contribution is 5.41. The van der Waals surface area contributed by atoms with Crippen molar-refractivity contribution in [3.63, 3.8) is 0 Å². The Labute approximate surface area is 115 Å². The number of nitrogens with two attached hydrogens (primary N) is 1. The molecule has 1 aromatic heterocycles. The predicted octanol–water partition coefficient (Wildman–Crippen LogP) is 1.55. The number of nitrogen functional groups attached to an aromatic ring is 1. The number of phenols is 1. The van der Waals surface area contributed by atoms with E-state index in [0.717, 1.165) is 5.56 Å². The molecular weight excluding hydrogens is 260 g/mol. The summed E-state index contributed by atoms with van der Waals surface area (Å²) in [4.78, 5) is 0. The Morgan fingerprint density at radius 1 is 1.40 bits per heavy atom. The zero-order chi connectivity index (χ0) is 14.5. The summed E-state index contributed by atoms with van der Waals surface area (Å²) in [6, 6.07) is 4.98. The van der Waals surface area contributed by atoms with Crippen molar-refractivity contribution in [1.29, 1.82) is 0 Å². The summed E-state index contributed by atoms with van der Waals surface area (Å²) in [6.07, 6.45) is 0.675. The monoisotopic (exact) mass is 276 g/mol. The Balaban J connectivity index is 2.08. The van der Waals surface area contributed by atoms with Crippen molar-refractivity contribution in [3.05, 3.63) is 29.6 Å². The summed E-state index contributed by atoms with van der Waals surface area (Å²) in [5.41, 5.74) is 0.849. The van der Waals surface area contributed by atoms with Gasteiger partial charge in [0.1, 0.15) is 0 Å². The molecule has 0 amide bonds. The Kier molecular flexibility index (Phi) is 4.14. The molecule has 0 aliphatic rings. The third-order valence-corrected chi connectivity index (χ3v) is 2.72. The molecule has 2 rings (SSSR count). The lowest BCUT2D eigenvalue weighted by Crippen LogP contribution is -2.11. The highest BCUT2D eigenvalue weighted by atomic mass is 16.5. The Hall–Kier alpha value is -2.64. The van der Waals surface area contributed by atoms with Crippen molar-refractivity contribution in [1.82, 2.24) is 14.9 Å². The third kappa shape index (κ3) is 2.85. The molecule has 1 aromatic carbocycles. The molecule has 0 aliphatic carbocycles. The number of ether oxygens (including phenoxy) is 1. The molecule has 0 unspecified atom stereocenters. The van der Waals surface area contributed by atoms with Crippen LogP contribution in [0.2, 0.25) is 0 Å². The molecule has 20 heavy (non-hydrogen) atoms. The molecule has 0 saturated heterocycles. The number of hydrogen-bond acceptors (Lipinski definition) is 7. The highest BCUT2D eigenvalue weighted by Crippen LogP contribution is 2.26. The van der Waals surface area contributed by atoms with E-state index in [2.05, 4.69) is 20.4 Å². The van der Waals surface area contributed by atoms with Gasteiger partial charge in [0.15, 0.2) is 17.3 Å². The predicted molar refractivity (Wildman–Crippen MR) is 72.4 cm³/mol. The van der Waals surface area contributed by atoms with Crippen LogP contribution in [0, 0.1) is 0 Å². The number of aromatic nitrogens is 3. The maximum atomic E-state index is 9.49. The van der Waals surface area contributed by atoms with Crippen LogP contribution in [0.25, 0.3) is 0 Å². The first-order valence-electron chi connectivity index (χ1n) is 6.08. The van der Waals surface area contributed by atoms with E-state index in [1.54, 1.807) is 18.2 Å². The molecule has 0 fully saturated rings. The number of nitrogens with zero attached hydrogens (tertiary/aromatic N) is 5. The number of azo groups is 1. The van der Waals surface area contributed by atoms with Crippen LogP contribution in [0.15, 0.2) is 28.4 Å². The van der Waals surface area contributed by atoms with E-state index in [1.807, 2.05) is 6.92 Å². The zero-order valence-electron chi connectivity index (χ0n) is 11.3. The molecule has 0 bridgehead atoms. The van der Waals surface area contributed by atoms with Crippen molar-refractivity contribution in [2.75, 3.05) is 13.0 Å². The number of rotatable bonds is 5. The van der Waals surface area contributed by atoms with Gasteiger partial charge in [-0.25, -0.2) is 4.68 Å². The summed E-state index contributed by atoms with van der Waals surface area (Å²) >= 11 is 0. The van der Waals surface area contributed by atoms with E-state index in [9.17, 15) is 5.11 Å². The standard InChI is InChI=1S/C12H16N6O2/c1-3-11-15-17-12(18(11)13)16-14-7-8-4-5-9(19)10(6-8)20-2/h4-6,19H,3,7,13H2,1-2H3. The van der Waals surface area contributed by atoms with Gasteiger partial charge in [-0.05, 0) is 17.7 Å². The average Bonchev–Trinajstić information content (AvgIpc) is 2.81. The SMILES string of the molecule is CCc1nnc(N=NCc2ccc(O)c(OC)c2)n1N. The molecule has 1 heterocycles. The zero-order valence-corrected chi connectivity index (χ0v) is 11.3. The van der Waals surface area contributed by atoms with Gasteiger partial charge in [0.25, 0.3) is 5.95 Å². The minimum absolute atomic E-state index is 0.0856. The second kappa shape index (κ2) is 6.00. The Morgan fingerprint density at radius 3 is 2.85 bits per heavy atom. The lowest BCUT2D eigenvalue weighted by atomic mass is 10.2. The maximum Gasteiger partial charge on any atom is 0.288 e. The highest BCUT2D eigenvalue weighted by Gasteiger charge is 2.06. The fourth-order valence-electron chi connectivity index (χ4n) is 1.62. The molecule has 0 aliphatic heterocycles. The molecule has 0 spiro atoms. The van der Waals surface area contributed by atoms with Crippen LogP contribution in [-0.4, -0.2) is 27.1 Å². The van der Waals surface area contributed by atoms with Crippen LogP contribution < -0.4 is 10.6 Å². The van der Waals surface area contributed by atoms with Gasteiger partial charge in [-0.2, -0.15) is 5.11 Å². The Bertz CT molecular complexity index is 622. The molecule has 0 radical (unpaired) electrons. The van der Waals surface area contributed by atoms with Crippen molar-refractivity contribution >= 4 is 5.95 Å². The quantitative estimate of drug-likeness (QED) is 0.635. The smallest absolute Gasteiger partial charge is 0.288 e. The molecule has 0 atom stereocenters. The van der Waals surface area contributed by atoms with E-state index in [4.69, 9.17) is 10.6 Å². The second-order valence-electron chi connectivity index (χ2n) is 4.05. The van der Waals surface area contributed by atoms with Crippen molar-refractivity contribution < 1.29 is 9.84 Å². The summed E-state index contributed by atoms with van der Waals surface area (Å²) in [5, 5.41) is 25.1. The summed E-state index contributed by atoms with van der Waals surface area (Å²) in [5.74, 6) is 7.13. The van der Waals surface area contributed by atoms with E-state index in [-0.39, 0.29) is 11.7 Å². The molecule has 3 N–H and O–H groups in total. The molecule has 106 valence electrons. The number of phenolic OH excluding ortho intramolecular Hbond substituents is 1. The minimum atomic E-state index is 0.0856. The van der Waals surface area contributed by atoms with Gasteiger partial charge < -0.3 is 15.7 Å². The van der Waals surface area contributed by atoms with E-state index in [0.29, 0.717) is 24.5 Å². The van der Waals surface area contributed by atoms with Crippen LogP contribution in [-0.2, 0) is 13.0 Å². The second-order valence-corrected chi connectivity index (χ2v) is 4.05. The first-order chi connectivity index (χ1) is 9.65. The lowest BCUT2D eigenvalue weighted by molar-refractivity contribution is 0.373. The largest absolute Gasteiger partial charge is 0.504 e. The minimum Gasteiger partial charge on any atom is -0.504 e. The molecule has 8 heteroatoms. The van der Waals surface area contributed by atoms with Gasteiger partial charge >= 0.3 is 0 Å². The molecule has 8 nitrogen and oxygen atoms in total. The number of hydrogen-bond donors (Lipinski definition) is 2.